The topological polar surface area (TPSA) is 80.1 Å². The second-order valence-electron chi connectivity index (χ2n) is 6.30. The number of carbonyl (C=O) groups is 2. The first kappa shape index (κ1) is 16.2. The zero-order valence-electron chi connectivity index (χ0n) is 13.8. The number of nitrogens with one attached hydrogen (secondary N) is 1. The SMILES string of the molecule is CC(C)C(=O)N1CC[C@H](NC(=O)c2cccc(-n3ccnn3)c2)C1. The molecule has 1 fully saturated rings. The highest BCUT2D eigenvalue weighted by Crippen LogP contribution is 2.14. The summed E-state index contributed by atoms with van der Waals surface area (Å²) < 4.78 is 1.61. The Morgan fingerprint density at radius 2 is 2.17 bits per heavy atom. The molecule has 1 aliphatic heterocycles. The van der Waals surface area contributed by atoms with Gasteiger partial charge >= 0.3 is 0 Å². The van der Waals surface area contributed by atoms with Crippen LogP contribution in [0.3, 0.4) is 0 Å². The molecular formula is C17H21N5O2. The van der Waals surface area contributed by atoms with Crippen molar-refractivity contribution in [3.8, 4) is 5.69 Å². The number of hydrogen-bond donors (Lipinski definition) is 1. The van der Waals surface area contributed by atoms with Crippen LogP contribution in [-0.4, -0.2) is 50.8 Å². The van der Waals surface area contributed by atoms with Crippen molar-refractivity contribution in [2.75, 3.05) is 13.1 Å². The summed E-state index contributed by atoms with van der Waals surface area (Å²) in [4.78, 5) is 26.3. The number of hydrogen-bond acceptors (Lipinski definition) is 4. The first-order valence-corrected chi connectivity index (χ1v) is 8.11. The quantitative estimate of drug-likeness (QED) is 0.916. The molecule has 0 radical (unpaired) electrons. The van der Waals surface area contributed by atoms with E-state index in [1.54, 1.807) is 29.2 Å². The van der Waals surface area contributed by atoms with Crippen LogP contribution in [0.1, 0.15) is 30.6 Å². The Labute approximate surface area is 140 Å². The summed E-state index contributed by atoms with van der Waals surface area (Å²) in [5.74, 6) is -0.0143. The second-order valence-corrected chi connectivity index (χ2v) is 6.30. The van der Waals surface area contributed by atoms with Gasteiger partial charge in [-0.3, -0.25) is 9.59 Å². The lowest BCUT2D eigenvalue weighted by molar-refractivity contribution is -0.133. The van der Waals surface area contributed by atoms with E-state index in [9.17, 15) is 9.59 Å². The predicted molar refractivity (Wildman–Crippen MR) is 88.6 cm³/mol. The molecule has 126 valence electrons. The van der Waals surface area contributed by atoms with E-state index in [0.29, 0.717) is 18.7 Å². The van der Waals surface area contributed by atoms with Gasteiger partial charge in [-0.2, -0.15) is 0 Å². The first-order valence-electron chi connectivity index (χ1n) is 8.11. The van der Waals surface area contributed by atoms with Crippen molar-refractivity contribution >= 4 is 11.8 Å². The average Bonchev–Trinajstić information content (AvgIpc) is 3.26. The number of benzene rings is 1. The van der Waals surface area contributed by atoms with Gasteiger partial charge < -0.3 is 10.2 Å². The molecule has 0 spiro atoms. The molecule has 1 atom stereocenters. The molecule has 7 nitrogen and oxygen atoms in total. The number of carbonyl (C=O) groups excluding carboxylic acids is 2. The van der Waals surface area contributed by atoms with Crippen LogP contribution < -0.4 is 5.32 Å². The van der Waals surface area contributed by atoms with Crippen molar-refractivity contribution < 1.29 is 9.59 Å². The molecule has 3 rings (SSSR count). The molecule has 7 heteroatoms. The number of rotatable bonds is 4. The fraction of sp³-hybridized carbons (Fsp3) is 0.412. The van der Waals surface area contributed by atoms with Crippen LogP contribution in [0.15, 0.2) is 36.7 Å². The van der Waals surface area contributed by atoms with Crippen LogP contribution in [0.25, 0.3) is 5.69 Å². The van der Waals surface area contributed by atoms with Gasteiger partial charge in [-0.25, -0.2) is 4.68 Å². The van der Waals surface area contributed by atoms with Crippen LogP contribution in [0, 0.1) is 5.92 Å². The Hall–Kier alpha value is -2.70. The van der Waals surface area contributed by atoms with Gasteiger partial charge in [0, 0.05) is 30.6 Å². The summed E-state index contributed by atoms with van der Waals surface area (Å²) in [6.45, 7) is 5.06. The summed E-state index contributed by atoms with van der Waals surface area (Å²) in [6.07, 6.45) is 4.10. The van der Waals surface area contributed by atoms with Gasteiger partial charge in [-0.05, 0) is 24.6 Å². The number of aromatic nitrogens is 3. The zero-order valence-corrected chi connectivity index (χ0v) is 13.8. The summed E-state index contributed by atoms with van der Waals surface area (Å²) in [7, 11) is 0. The fourth-order valence-corrected chi connectivity index (χ4v) is 2.85. The summed E-state index contributed by atoms with van der Waals surface area (Å²) in [5, 5.41) is 10.7. The monoisotopic (exact) mass is 327 g/mol. The molecule has 1 aliphatic rings. The third-order valence-electron chi connectivity index (χ3n) is 4.12. The van der Waals surface area contributed by atoms with Gasteiger partial charge in [0.15, 0.2) is 0 Å². The van der Waals surface area contributed by atoms with Gasteiger partial charge in [-0.1, -0.05) is 25.1 Å². The van der Waals surface area contributed by atoms with Crippen molar-refractivity contribution in [2.24, 2.45) is 5.92 Å². The number of likely N-dealkylation sites (tertiary alicyclic amines) is 1. The minimum atomic E-state index is -0.138. The van der Waals surface area contributed by atoms with E-state index in [1.165, 1.54) is 0 Å². The van der Waals surface area contributed by atoms with E-state index in [0.717, 1.165) is 12.1 Å². The molecule has 0 aliphatic carbocycles. The number of nitrogens with zero attached hydrogens (tertiary/aromatic N) is 4. The minimum absolute atomic E-state index is 0.00442. The van der Waals surface area contributed by atoms with E-state index in [-0.39, 0.29) is 23.8 Å². The fourth-order valence-electron chi connectivity index (χ4n) is 2.85. The Morgan fingerprint density at radius 3 is 2.88 bits per heavy atom. The highest BCUT2D eigenvalue weighted by molar-refractivity contribution is 5.95. The van der Waals surface area contributed by atoms with Gasteiger partial charge in [0.2, 0.25) is 5.91 Å². The van der Waals surface area contributed by atoms with Crippen molar-refractivity contribution in [1.29, 1.82) is 0 Å². The van der Waals surface area contributed by atoms with Gasteiger partial charge in [-0.15, -0.1) is 5.10 Å². The molecule has 0 bridgehead atoms. The lowest BCUT2D eigenvalue weighted by Crippen LogP contribution is -2.39. The van der Waals surface area contributed by atoms with E-state index < -0.39 is 0 Å². The summed E-state index contributed by atoms with van der Waals surface area (Å²) >= 11 is 0. The molecule has 24 heavy (non-hydrogen) atoms. The smallest absolute Gasteiger partial charge is 0.251 e. The second kappa shape index (κ2) is 6.82. The molecule has 0 unspecified atom stereocenters. The van der Waals surface area contributed by atoms with Crippen molar-refractivity contribution in [3.63, 3.8) is 0 Å². The van der Waals surface area contributed by atoms with Crippen molar-refractivity contribution in [3.05, 3.63) is 42.2 Å². The molecule has 2 heterocycles. The summed E-state index contributed by atoms with van der Waals surface area (Å²) in [5.41, 5.74) is 1.35. The Balaban J connectivity index is 1.64. The number of amides is 2. The maximum atomic E-state index is 12.5. The third kappa shape index (κ3) is 3.45. The molecule has 1 aromatic carbocycles. The van der Waals surface area contributed by atoms with Crippen molar-refractivity contribution in [1.82, 2.24) is 25.2 Å². The Morgan fingerprint density at radius 1 is 1.33 bits per heavy atom. The molecular weight excluding hydrogens is 306 g/mol. The lowest BCUT2D eigenvalue weighted by atomic mass is 10.1. The largest absolute Gasteiger partial charge is 0.347 e. The zero-order chi connectivity index (χ0) is 17.1. The average molecular weight is 327 g/mol. The lowest BCUT2D eigenvalue weighted by Gasteiger charge is -2.19. The first-order chi connectivity index (χ1) is 11.5. The standard InChI is InChI=1S/C17H21N5O2/c1-12(2)17(24)21-8-6-14(11-21)19-16(23)13-4-3-5-15(10-13)22-9-7-18-20-22/h3-5,7,9-10,12,14H,6,8,11H2,1-2H3,(H,19,23)/t14-/m0/s1. The Bertz CT molecular complexity index is 726. The third-order valence-corrected chi connectivity index (χ3v) is 4.12. The van der Waals surface area contributed by atoms with Gasteiger partial charge in [0.05, 0.1) is 18.1 Å². The molecule has 1 aromatic heterocycles. The maximum absolute atomic E-state index is 12.5. The normalized spacial score (nSPS) is 17.3. The van der Waals surface area contributed by atoms with Crippen LogP contribution >= 0.6 is 0 Å². The molecule has 0 saturated carbocycles. The minimum Gasteiger partial charge on any atom is -0.347 e. The van der Waals surface area contributed by atoms with E-state index >= 15 is 0 Å². The summed E-state index contributed by atoms with van der Waals surface area (Å²) in [6, 6.07) is 7.21. The van der Waals surface area contributed by atoms with Crippen LogP contribution in [0.4, 0.5) is 0 Å². The molecule has 2 amide bonds. The van der Waals surface area contributed by atoms with Crippen LogP contribution in [0.2, 0.25) is 0 Å². The molecule has 1 N–H and O–H groups in total. The van der Waals surface area contributed by atoms with Gasteiger partial charge in [0.1, 0.15) is 0 Å². The van der Waals surface area contributed by atoms with Crippen LogP contribution in [0.5, 0.6) is 0 Å². The van der Waals surface area contributed by atoms with Gasteiger partial charge in [0.25, 0.3) is 5.91 Å². The maximum Gasteiger partial charge on any atom is 0.251 e. The highest BCUT2D eigenvalue weighted by Gasteiger charge is 2.28. The molecule has 1 saturated heterocycles. The predicted octanol–water partition coefficient (Wildman–Crippen LogP) is 1.25. The highest BCUT2D eigenvalue weighted by atomic mass is 16.2. The van der Waals surface area contributed by atoms with E-state index in [2.05, 4.69) is 15.6 Å². The molecule has 2 aromatic rings. The van der Waals surface area contributed by atoms with Crippen LogP contribution in [-0.2, 0) is 4.79 Å². The van der Waals surface area contributed by atoms with Crippen molar-refractivity contribution in [2.45, 2.75) is 26.3 Å². The van der Waals surface area contributed by atoms with E-state index in [1.807, 2.05) is 30.9 Å². The van der Waals surface area contributed by atoms with E-state index in [4.69, 9.17) is 0 Å². The Kier molecular flexibility index (Phi) is 4.59.